The number of nitrogens with one attached hydrogen (secondary N) is 2. The molecule has 9 nitrogen and oxygen atoms in total. The highest BCUT2D eigenvalue weighted by Gasteiger charge is 2.22. The van der Waals surface area contributed by atoms with Crippen LogP contribution in [-0.2, 0) is 24.2 Å². The molecule has 0 radical (unpaired) electrons. The maximum Gasteiger partial charge on any atom is 0.407 e. The molecule has 0 saturated heterocycles. The zero-order chi connectivity index (χ0) is 21.6. The first-order chi connectivity index (χ1) is 13.6. The topological polar surface area (TPSA) is 96.7 Å². The number of aromatic nitrogens is 3. The molecule has 29 heavy (non-hydrogen) atoms. The van der Waals surface area contributed by atoms with E-state index in [-0.39, 0.29) is 12.1 Å². The van der Waals surface area contributed by atoms with Gasteiger partial charge in [-0.15, -0.1) is 10.2 Å². The summed E-state index contributed by atoms with van der Waals surface area (Å²) in [6.07, 6.45) is 2.55. The standard InChI is InChI=1S/C20H37N7O2/c1-14(2)15(23-19(28)29-20(3,4)5)10-12-26(7)18(21-6)22-13-17-25-24-16-9-8-11-27(16)17/h14-15H,8-13H2,1-7H3,(H,21,22)(H,23,28). The van der Waals surface area contributed by atoms with Crippen LogP contribution < -0.4 is 10.6 Å². The summed E-state index contributed by atoms with van der Waals surface area (Å²) < 4.78 is 7.58. The smallest absolute Gasteiger partial charge is 0.407 e. The highest BCUT2D eigenvalue weighted by Crippen LogP contribution is 2.14. The Kier molecular flexibility index (Phi) is 7.87. The summed E-state index contributed by atoms with van der Waals surface area (Å²) in [4.78, 5) is 18.6. The van der Waals surface area contributed by atoms with Gasteiger partial charge in [0.1, 0.15) is 11.4 Å². The van der Waals surface area contributed by atoms with Crippen molar-refractivity contribution in [2.75, 3.05) is 20.6 Å². The SMILES string of the molecule is CN=C(NCc1nnc2n1CCC2)N(C)CCC(NC(=O)OC(C)(C)C)C(C)C. The fourth-order valence-corrected chi connectivity index (χ4v) is 3.35. The van der Waals surface area contributed by atoms with E-state index in [4.69, 9.17) is 4.74 Å². The molecule has 2 heterocycles. The van der Waals surface area contributed by atoms with Gasteiger partial charge in [-0.3, -0.25) is 4.99 Å². The third-order valence-electron chi connectivity index (χ3n) is 4.95. The van der Waals surface area contributed by atoms with E-state index >= 15 is 0 Å². The number of carbonyl (C=O) groups excluding carboxylic acids is 1. The minimum absolute atomic E-state index is 0.0187. The number of ether oxygens (including phenoxy) is 1. The van der Waals surface area contributed by atoms with E-state index in [1.165, 1.54) is 0 Å². The van der Waals surface area contributed by atoms with Gasteiger partial charge in [-0.1, -0.05) is 13.8 Å². The Morgan fingerprint density at radius 1 is 1.34 bits per heavy atom. The Labute approximate surface area is 174 Å². The number of aryl methyl sites for hydroxylation is 1. The number of guanidine groups is 1. The van der Waals surface area contributed by atoms with Gasteiger partial charge in [-0.2, -0.15) is 0 Å². The van der Waals surface area contributed by atoms with Gasteiger partial charge < -0.3 is 24.8 Å². The van der Waals surface area contributed by atoms with Crippen LogP contribution in [-0.4, -0.2) is 64.0 Å². The summed E-state index contributed by atoms with van der Waals surface area (Å²) in [5.41, 5.74) is -0.504. The fraction of sp³-hybridized carbons (Fsp3) is 0.800. The second-order valence-electron chi connectivity index (χ2n) is 8.90. The molecule has 1 aliphatic heterocycles. The summed E-state index contributed by atoms with van der Waals surface area (Å²) in [5.74, 6) is 3.10. The van der Waals surface area contributed by atoms with Crippen molar-refractivity contribution < 1.29 is 9.53 Å². The molecule has 1 aliphatic rings. The Morgan fingerprint density at radius 2 is 2.07 bits per heavy atom. The van der Waals surface area contributed by atoms with Gasteiger partial charge in [0.05, 0.1) is 6.54 Å². The predicted octanol–water partition coefficient (Wildman–Crippen LogP) is 2.17. The number of alkyl carbamates (subject to hydrolysis) is 1. The Morgan fingerprint density at radius 3 is 2.69 bits per heavy atom. The Bertz CT molecular complexity index is 706. The maximum atomic E-state index is 12.1. The van der Waals surface area contributed by atoms with Gasteiger partial charge in [0.15, 0.2) is 11.8 Å². The van der Waals surface area contributed by atoms with E-state index < -0.39 is 5.60 Å². The lowest BCUT2D eigenvalue weighted by atomic mass is 10.0. The Balaban J connectivity index is 1.85. The average molecular weight is 408 g/mol. The first-order valence-electron chi connectivity index (χ1n) is 10.4. The number of hydrogen-bond acceptors (Lipinski definition) is 5. The van der Waals surface area contributed by atoms with Crippen molar-refractivity contribution >= 4 is 12.1 Å². The third kappa shape index (κ3) is 6.90. The van der Waals surface area contributed by atoms with Gasteiger partial charge in [-0.25, -0.2) is 4.79 Å². The maximum absolute atomic E-state index is 12.1. The van der Waals surface area contributed by atoms with E-state index in [2.05, 4.69) is 49.1 Å². The third-order valence-corrected chi connectivity index (χ3v) is 4.95. The number of nitrogens with zero attached hydrogens (tertiary/aromatic N) is 5. The van der Waals surface area contributed by atoms with Crippen LogP contribution in [0.5, 0.6) is 0 Å². The zero-order valence-electron chi connectivity index (χ0n) is 18.9. The number of fused-ring (bicyclic) bond motifs is 1. The number of rotatable bonds is 7. The largest absolute Gasteiger partial charge is 0.444 e. The molecular weight excluding hydrogens is 370 g/mol. The van der Waals surface area contributed by atoms with Crippen molar-refractivity contribution in [1.29, 1.82) is 0 Å². The van der Waals surface area contributed by atoms with Crippen molar-refractivity contribution in [3.05, 3.63) is 11.6 Å². The number of aliphatic imine (C=N–C) groups is 1. The molecule has 164 valence electrons. The van der Waals surface area contributed by atoms with Crippen LogP contribution >= 0.6 is 0 Å². The lowest BCUT2D eigenvalue weighted by molar-refractivity contribution is 0.0486. The van der Waals surface area contributed by atoms with E-state index in [1.54, 1.807) is 7.05 Å². The molecule has 0 bridgehead atoms. The van der Waals surface area contributed by atoms with Gasteiger partial charge in [-0.05, 0) is 39.5 Å². The van der Waals surface area contributed by atoms with Crippen molar-refractivity contribution in [2.24, 2.45) is 10.9 Å². The van der Waals surface area contributed by atoms with Gasteiger partial charge in [0.25, 0.3) is 0 Å². The monoisotopic (exact) mass is 407 g/mol. The quantitative estimate of drug-likeness (QED) is 0.531. The predicted molar refractivity (Wildman–Crippen MR) is 114 cm³/mol. The van der Waals surface area contributed by atoms with Crippen LogP contribution in [0.25, 0.3) is 0 Å². The molecule has 0 spiro atoms. The van der Waals surface area contributed by atoms with Gasteiger partial charge >= 0.3 is 6.09 Å². The van der Waals surface area contributed by atoms with E-state index in [0.29, 0.717) is 12.5 Å². The lowest BCUT2D eigenvalue weighted by Crippen LogP contribution is -2.45. The van der Waals surface area contributed by atoms with Crippen LogP contribution in [0.2, 0.25) is 0 Å². The molecule has 0 fully saturated rings. The second-order valence-corrected chi connectivity index (χ2v) is 8.90. The summed E-state index contributed by atoms with van der Waals surface area (Å²) >= 11 is 0. The zero-order valence-corrected chi connectivity index (χ0v) is 18.9. The van der Waals surface area contributed by atoms with Crippen LogP contribution in [0.1, 0.15) is 59.1 Å². The highest BCUT2D eigenvalue weighted by atomic mass is 16.6. The van der Waals surface area contributed by atoms with Gasteiger partial charge in [0.2, 0.25) is 0 Å². The van der Waals surface area contributed by atoms with Crippen LogP contribution in [0.15, 0.2) is 4.99 Å². The summed E-state index contributed by atoms with van der Waals surface area (Å²) in [5, 5.41) is 14.9. The second kappa shape index (κ2) is 9.93. The van der Waals surface area contributed by atoms with Crippen molar-refractivity contribution in [3.63, 3.8) is 0 Å². The molecule has 9 heteroatoms. The molecule has 1 atom stereocenters. The minimum atomic E-state index is -0.504. The molecule has 1 aromatic rings. The van der Waals surface area contributed by atoms with Crippen LogP contribution in [0.4, 0.5) is 4.79 Å². The number of carbonyl (C=O) groups is 1. The van der Waals surface area contributed by atoms with Crippen molar-refractivity contribution in [3.8, 4) is 0 Å². The molecule has 0 aromatic carbocycles. The average Bonchev–Trinajstić information content (AvgIpc) is 3.21. The molecule has 0 saturated carbocycles. The number of hydrogen-bond donors (Lipinski definition) is 2. The van der Waals surface area contributed by atoms with Crippen molar-refractivity contribution in [2.45, 2.75) is 78.6 Å². The fourth-order valence-electron chi connectivity index (χ4n) is 3.35. The lowest BCUT2D eigenvalue weighted by Gasteiger charge is -2.28. The van der Waals surface area contributed by atoms with Crippen molar-refractivity contribution in [1.82, 2.24) is 30.3 Å². The Hall–Kier alpha value is -2.32. The van der Waals surface area contributed by atoms with E-state index in [1.807, 2.05) is 27.8 Å². The summed E-state index contributed by atoms with van der Waals surface area (Å²) in [6.45, 7) is 12.1. The number of amides is 1. The normalized spacial score (nSPS) is 15.2. The molecule has 1 unspecified atom stereocenters. The van der Waals surface area contributed by atoms with Crippen LogP contribution in [0.3, 0.4) is 0 Å². The summed E-state index contributed by atoms with van der Waals surface area (Å²) in [6, 6.07) is 0.0187. The molecule has 1 aromatic heterocycles. The minimum Gasteiger partial charge on any atom is -0.444 e. The molecular formula is C20H37N7O2. The molecule has 2 N–H and O–H groups in total. The first-order valence-corrected chi connectivity index (χ1v) is 10.4. The van der Waals surface area contributed by atoms with Crippen LogP contribution in [0, 0.1) is 5.92 Å². The van der Waals surface area contributed by atoms with E-state index in [9.17, 15) is 4.79 Å². The molecule has 1 amide bonds. The highest BCUT2D eigenvalue weighted by molar-refractivity contribution is 5.79. The first kappa shape index (κ1) is 23.0. The molecule has 0 aliphatic carbocycles. The van der Waals surface area contributed by atoms with Gasteiger partial charge in [0, 0.05) is 39.6 Å². The molecule has 2 rings (SSSR count). The van der Waals surface area contributed by atoms with E-state index in [0.717, 1.165) is 50.0 Å². The summed E-state index contributed by atoms with van der Waals surface area (Å²) in [7, 11) is 3.76.